The number of ether oxygens (including phenoxy) is 1. The fraction of sp³-hybridized carbons (Fsp3) is 0.600. The summed E-state index contributed by atoms with van der Waals surface area (Å²) in [6, 6.07) is 0. The molecule has 3 nitrogen and oxygen atoms in total. The lowest BCUT2D eigenvalue weighted by Crippen LogP contribution is -2.19. The topological polar surface area (TPSA) is 15.7 Å². The second kappa shape index (κ2) is 5.65. The summed E-state index contributed by atoms with van der Waals surface area (Å²) in [7, 11) is 7.80. The van der Waals surface area contributed by atoms with Crippen molar-refractivity contribution in [2.45, 2.75) is 0 Å². The number of likely N-dealkylation sites (N-methyl/N-ethyl adjacent to an activating group) is 2. The summed E-state index contributed by atoms with van der Waals surface area (Å²) >= 11 is 0. The van der Waals surface area contributed by atoms with Crippen molar-refractivity contribution in [1.82, 2.24) is 9.80 Å². The lowest BCUT2D eigenvalue weighted by Gasteiger charge is -2.18. The third kappa shape index (κ3) is 5.31. The van der Waals surface area contributed by atoms with Crippen molar-refractivity contribution in [2.75, 3.05) is 41.4 Å². The van der Waals surface area contributed by atoms with Gasteiger partial charge >= 0.3 is 0 Å². The third-order valence-electron chi connectivity index (χ3n) is 1.80. The van der Waals surface area contributed by atoms with E-state index >= 15 is 0 Å². The molecule has 0 aromatic rings. The van der Waals surface area contributed by atoms with E-state index in [9.17, 15) is 0 Å². The van der Waals surface area contributed by atoms with Gasteiger partial charge in [-0.15, -0.1) is 0 Å². The van der Waals surface area contributed by atoms with E-state index in [0.717, 1.165) is 11.4 Å². The molecule has 76 valence electrons. The lowest BCUT2D eigenvalue weighted by atomic mass is 10.4. The summed E-state index contributed by atoms with van der Waals surface area (Å²) in [5, 5.41) is 0. The Morgan fingerprint density at radius 1 is 0.923 bits per heavy atom. The van der Waals surface area contributed by atoms with Crippen LogP contribution in [0.2, 0.25) is 0 Å². The van der Waals surface area contributed by atoms with E-state index < -0.39 is 0 Å². The molecule has 0 radical (unpaired) electrons. The Hall–Kier alpha value is -0.960. The minimum Gasteiger partial charge on any atom is -0.380 e. The normalized spacial score (nSPS) is 9.54. The van der Waals surface area contributed by atoms with E-state index in [1.165, 1.54) is 0 Å². The molecule has 3 heteroatoms. The highest BCUT2D eigenvalue weighted by atomic mass is 16.5. The predicted molar refractivity (Wildman–Crippen MR) is 56.5 cm³/mol. The Balaban J connectivity index is 3.57. The molecule has 0 saturated carbocycles. The maximum Gasteiger partial charge on any atom is 0.0863 e. The molecule has 0 bridgehead atoms. The fourth-order valence-corrected chi connectivity index (χ4v) is 0.545. The van der Waals surface area contributed by atoms with Crippen molar-refractivity contribution < 1.29 is 4.74 Å². The minimum atomic E-state index is 0.555. The second-order valence-corrected chi connectivity index (χ2v) is 3.41. The monoisotopic (exact) mass is 184 g/mol. The van der Waals surface area contributed by atoms with Crippen LogP contribution in [-0.2, 0) is 4.74 Å². The zero-order valence-corrected chi connectivity index (χ0v) is 9.13. The smallest absolute Gasteiger partial charge is 0.0863 e. The van der Waals surface area contributed by atoms with Crippen LogP contribution >= 0.6 is 0 Å². The first kappa shape index (κ1) is 12.0. The number of nitrogens with zero attached hydrogens (tertiary/aromatic N) is 2. The van der Waals surface area contributed by atoms with Gasteiger partial charge in [-0.2, -0.15) is 0 Å². The molecule has 0 rings (SSSR count). The van der Waals surface area contributed by atoms with Gasteiger partial charge in [-0.3, -0.25) is 0 Å². The minimum absolute atomic E-state index is 0.555. The van der Waals surface area contributed by atoms with Crippen LogP contribution in [0.25, 0.3) is 0 Å². The molecule has 0 aromatic carbocycles. The van der Waals surface area contributed by atoms with E-state index in [1.807, 2.05) is 38.0 Å². The average Bonchev–Trinajstić information content (AvgIpc) is 2.03. The summed E-state index contributed by atoms with van der Waals surface area (Å²) < 4.78 is 5.40. The van der Waals surface area contributed by atoms with E-state index in [0.29, 0.717) is 13.2 Å². The number of rotatable bonds is 6. The molecule has 0 N–H and O–H groups in total. The van der Waals surface area contributed by atoms with Crippen molar-refractivity contribution in [1.29, 1.82) is 0 Å². The van der Waals surface area contributed by atoms with Crippen LogP contribution in [0.5, 0.6) is 0 Å². The second-order valence-electron chi connectivity index (χ2n) is 3.41. The van der Waals surface area contributed by atoms with Crippen molar-refractivity contribution in [3.05, 3.63) is 24.6 Å². The number of hydrogen-bond acceptors (Lipinski definition) is 3. The lowest BCUT2D eigenvalue weighted by molar-refractivity contribution is 0.149. The zero-order chi connectivity index (χ0) is 10.4. The molecule has 13 heavy (non-hydrogen) atoms. The molecule has 0 aromatic heterocycles. The molecule has 0 amide bonds. The van der Waals surface area contributed by atoms with Gasteiger partial charge in [-0.25, -0.2) is 0 Å². The van der Waals surface area contributed by atoms with Gasteiger partial charge in [0.15, 0.2) is 0 Å². The molecule has 0 aliphatic rings. The van der Waals surface area contributed by atoms with E-state index in [1.54, 1.807) is 0 Å². The van der Waals surface area contributed by atoms with Crippen molar-refractivity contribution in [2.24, 2.45) is 0 Å². The highest BCUT2D eigenvalue weighted by Crippen LogP contribution is 1.99. The van der Waals surface area contributed by atoms with Crippen LogP contribution in [0, 0.1) is 0 Å². The summed E-state index contributed by atoms with van der Waals surface area (Å²) in [5.41, 5.74) is 1.93. The molecule has 0 fully saturated rings. The molecular formula is C10H20N2O. The molecule has 0 aliphatic heterocycles. The molecular weight excluding hydrogens is 164 g/mol. The maximum absolute atomic E-state index is 5.40. The Labute approximate surface area is 81.3 Å². The molecule has 0 atom stereocenters. The zero-order valence-electron chi connectivity index (χ0n) is 9.13. The van der Waals surface area contributed by atoms with Crippen LogP contribution in [0.15, 0.2) is 24.6 Å². The van der Waals surface area contributed by atoms with E-state index in [-0.39, 0.29) is 0 Å². The van der Waals surface area contributed by atoms with Gasteiger partial charge in [0.05, 0.1) is 13.2 Å². The van der Waals surface area contributed by atoms with Gasteiger partial charge in [0, 0.05) is 39.6 Å². The largest absolute Gasteiger partial charge is 0.380 e. The Kier molecular flexibility index (Phi) is 5.23. The molecule has 0 spiro atoms. The third-order valence-corrected chi connectivity index (χ3v) is 1.80. The van der Waals surface area contributed by atoms with E-state index in [4.69, 9.17) is 4.74 Å². The average molecular weight is 184 g/mol. The van der Waals surface area contributed by atoms with Crippen LogP contribution in [0.3, 0.4) is 0 Å². The van der Waals surface area contributed by atoms with Crippen LogP contribution < -0.4 is 0 Å². The standard InChI is InChI=1S/C10H20N2O/c1-9(11(3)4)7-13-8-10(2)12(5)6/h1-2,7-8H2,3-6H3. The molecule has 0 heterocycles. The van der Waals surface area contributed by atoms with Gasteiger partial charge < -0.3 is 14.5 Å². The Morgan fingerprint density at radius 3 is 1.46 bits per heavy atom. The SMILES string of the molecule is C=C(COCC(=C)N(C)C)N(C)C. The number of hydrogen-bond donors (Lipinski definition) is 0. The van der Waals surface area contributed by atoms with Crippen molar-refractivity contribution >= 4 is 0 Å². The maximum atomic E-state index is 5.40. The van der Waals surface area contributed by atoms with Crippen LogP contribution in [0.4, 0.5) is 0 Å². The first-order chi connectivity index (χ1) is 5.95. The quantitative estimate of drug-likeness (QED) is 0.616. The first-order valence-electron chi connectivity index (χ1n) is 4.23. The molecule has 0 saturated heterocycles. The van der Waals surface area contributed by atoms with Gasteiger partial charge in [-0.05, 0) is 0 Å². The summed E-state index contributed by atoms with van der Waals surface area (Å²) in [5.74, 6) is 0. The van der Waals surface area contributed by atoms with Crippen molar-refractivity contribution in [3.8, 4) is 0 Å². The highest BCUT2D eigenvalue weighted by molar-refractivity contribution is 4.94. The molecule has 0 aliphatic carbocycles. The van der Waals surface area contributed by atoms with Gasteiger partial charge in [0.25, 0.3) is 0 Å². The van der Waals surface area contributed by atoms with Gasteiger partial charge in [-0.1, -0.05) is 13.2 Å². The van der Waals surface area contributed by atoms with Crippen molar-refractivity contribution in [3.63, 3.8) is 0 Å². The summed E-state index contributed by atoms with van der Waals surface area (Å²) in [6.45, 7) is 8.82. The first-order valence-corrected chi connectivity index (χ1v) is 4.23. The summed E-state index contributed by atoms with van der Waals surface area (Å²) in [4.78, 5) is 3.89. The summed E-state index contributed by atoms with van der Waals surface area (Å²) in [6.07, 6.45) is 0. The highest BCUT2D eigenvalue weighted by Gasteiger charge is 1.99. The van der Waals surface area contributed by atoms with Gasteiger partial charge in [0.1, 0.15) is 0 Å². The van der Waals surface area contributed by atoms with Crippen LogP contribution in [-0.4, -0.2) is 51.2 Å². The van der Waals surface area contributed by atoms with E-state index in [2.05, 4.69) is 13.2 Å². The van der Waals surface area contributed by atoms with Gasteiger partial charge in [0.2, 0.25) is 0 Å². The fourth-order valence-electron chi connectivity index (χ4n) is 0.545. The van der Waals surface area contributed by atoms with Crippen LogP contribution in [0.1, 0.15) is 0 Å². The molecule has 0 unspecified atom stereocenters. The Bertz CT molecular complexity index is 165. The predicted octanol–water partition coefficient (Wildman–Crippen LogP) is 1.15. The Morgan fingerprint density at radius 2 is 1.23 bits per heavy atom.